The number of nitrogens with zero attached hydrogens (tertiary/aromatic N) is 3. The number of hydrogen-bond donors (Lipinski definition) is 0. The lowest BCUT2D eigenvalue weighted by atomic mass is 10.1. The van der Waals surface area contributed by atoms with Crippen molar-refractivity contribution < 1.29 is 9.47 Å². The van der Waals surface area contributed by atoms with Crippen LogP contribution in [0, 0.1) is 0 Å². The molecule has 1 aromatic heterocycles. The topological polar surface area (TPSA) is 39.5 Å². The lowest BCUT2D eigenvalue weighted by Gasteiger charge is -2.26. The van der Waals surface area contributed by atoms with Crippen LogP contribution in [0.4, 0.5) is 0 Å². The van der Waals surface area contributed by atoms with E-state index in [0.717, 1.165) is 44.2 Å². The highest BCUT2D eigenvalue weighted by atomic mass is 16.5. The largest absolute Gasteiger partial charge is 0.475 e. The number of rotatable bonds is 6. The van der Waals surface area contributed by atoms with Crippen LogP contribution in [-0.4, -0.2) is 54.1 Å². The highest BCUT2D eigenvalue weighted by molar-refractivity contribution is 5.84. The second kappa shape index (κ2) is 7.72. The monoisotopic (exact) mass is 349 g/mol. The van der Waals surface area contributed by atoms with Gasteiger partial charge in [-0.1, -0.05) is 36.9 Å². The van der Waals surface area contributed by atoms with Gasteiger partial charge in [-0.3, -0.25) is 4.90 Å². The van der Waals surface area contributed by atoms with Gasteiger partial charge in [0.15, 0.2) is 0 Å². The molecule has 0 bridgehead atoms. The molecule has 1 saturated heterocycles. The zero-order valence-corrected chi connectivity index (χ0v) is 14.8. The molecule has 0 atom stereocenters. The number of benzene rings is 2. The van der Waals surface area contributed by atoms with Gasteiger partial charge in [-0.2, -0.15) is 0 Å². The van der Waals surface area contributed by atoms with Crippen molar-refractivity contribution in [3.63, 3.8) is 0 Å². The third kappa shape index (κ3) is 3.64. The smallest absolute Gasteiger partial charge is 0.233 e. The fourth-order valence-corrected chi connectivity index (χ4v) is 3.21. The average molecular weight is 349 g/mol. The highest BCUT2D eigenvalue weighted by Crippen LogP contribution is 2.22. The van der Waals surface area contributed by atoms with Crippen LogP contribution in [0.2, 0.25) is 0 Å². The molecular weight excluding hydrogens is 326 g/mol. The minimum Gasteiger partial charge on any atom is -0.475 e. The first-order chi connectivity index (χ1) is 12.8. The van der Waals surface area contributed by atoms with E-state index < -0.39 is 0 Å². The highest BCUT2D eigenvalue weighted by Gasteiger charge is 2.12. The van der Waals surface area contributed by atoms with Crippen molar-refractivity contribution in [2.75, 3.05) is 39.5 Å². The molecule has 5 nitrogen and oxygen atoms in total. The Labute approximate surface area is 153 Å². The summed E-state index contributed by atoms with van der Waals surface area (Å²) in [5, 5.41) is 7.02. The van der Waals surface area contributed by atoms with Gasteiger partial charge in [0.05, 0.1) is 24.6 Å². The van der Waals surface area contributed by atoms with Crippen molar-refractivity contribution in [2.24, 2.45) is 0 Å². The number of fused-ring (bicyclic) bond motifs is 1. The van der Waals surface area contributed by atoms with Gasteiger partial charge in [0, 0.05) is 25.7 Å². The standard InChI is InChI=1S/C21H23N3O2/c1-2-19-16-21(26-14-11-23-9-12-25-13-10-23)22-24(19)20-8-7-17-5-3-4-6-18(17)15-20/h2-8,15-16H,1,9-14H2. The summed E-state index contributed by atoms with van der Waals surface area (Å²) in [7, 11) is 0. The van der Waals surface area contributed by atoms with Crippen LogP contribution in [-0.2, 0) is 4.74 Å². The predicted molar refractivity (Wildman–Crippen MR) is 104 cm³/mol. The third-order valence-electron chi connectivity index (χ3n) is 4.66. The van der Waals surface area contributed by atoms with E-state index in [9.17, 15) is 0 Å². The molecule has 5 heteroatoms. The molecule has 1 aliphatic rings. The first-order valence-electron chi connectivity index (χ1n) is 8.98. The zero-order valence-electron chi connectivity index (χ0n) is 14.8. The molecular formula is C21H23N3O2. The van der Waals surface area contributed by atoms with E-state index in [1.807, 2.05) is 22.9 Å². The van der Waals surface area contributed by atoms with Crippen molar-refractivity contribution >= 4 is 16.8 Å². The third-order valence-corrected chi connectivity index (χ3v) is 4.66. The maximum absolute atomic E-state index is 5.88. The predicted octanol–water partition coefficient (Wildman–Crippen LogP) is 3.38. The van der Waals surface area contributed by atoms with Gasteiger partial charge < -0.3 is 9.47 Å². The molecule has 0 spiro atoms. The van der Waals surface area contributed by atoms with Crippen molar-refractivity contribution in [1.29, 1.82) is 0 Å². The summed E-state index contributed by atoms with van der Waals surface area (Å²) < 4.78 is 13.1. The Morgan fingerprint density at radius 3 is 2.69 bits per heavy atom. The van der Waals surface area contributed by atoms with E-state index in [1.54, 1.807) is 6.08 Å². The number of aromatic nitrogens is 2. The molecule has 134 valence electrons. The Bertz CT molecular complexity index is 897. The van der Waals surface area contributed by atoms with E-state index in [1.165, 1.54) is 10.8 Å². The first-order valence-corrected chi connectivity index (χ1v) is 8.98. The normalized spacial score (nSPS) is 15.2. The first kappa shape index (κ1) is 16.8. The van der Waals surface area contributed by atoms with Crippen LogP contribution in [0.3, 0.4) is 0 Å². The van der Waals surface area contributed by atoms with Crippen molar-refractivity contribution in [1.82, 2.24) is 14.7 Å². The Kier molecular flexibility index (Phi) is 5.00. The molecule has 0 saturated carbocycles. The van der Waals surface area contributed by atoms with E-state index in [4.69, 9.17) is 9.47 Å². The Balaban J connectivity index is 1.49. The van der Waals surface area contributed by atoms with E-state index in [0.29, 0.717) is 12.5 Å². The molecule has 1 fully saturated rings. The van der Waals surface area contributed by atoms with Gasteiger partial charge in [0.25, 0.3) is 0 Å². The van der Waals surface area contributed by atoms with E-state index in [-0.39, 0.29) is 0 Å². The van der Waals surface area contributed by atoms with Gasteiger partial charge in [-0.05, 0) is 29.0 Å². The minimum atomic E-state index is 0.616. The fraction of sp³-hybridized carbons (Fsp3) is 0.286. The zero-order chi connectivity index (χ0) is 17.8. The quantitative estimate of drug-likeness (QED) is 0.684. The van der Waals surface area contributed by atoms with Crippen molar-refractivity contribution in [3.8, 4) is 11.6 Å². The number of hydrogen-bond acceptors (Lipinski definition) is 4. The van der Waals surface area contributed by atoms with Crippen LogP contribution in [0.15, 0.2) is 55.1 Å². The van der Waals surface area contributed by atoms with Gasteiger partial charge in [-0.15, -0.1) is 5.10 Å². The number of morpholine rings is 1. The lowest BCUT2D eigenvalue weighted by molar-refractivity contribution is 0.0320. The Morgan fingerprint density at radius 2 is 1.88 bits per heavy atom. The molecule has 3 aromatic rings. The van der Waals surface area contributed by atoms with Crippen LogP contribution in [0.1, 0.15) is 5.69 Å². The van der Waals surface area contributed by atoms with Crippen LogP contribution in [0.5, 0.6) is 5.88 Å². The van der Waals surface area contributed by atoms with E-state index >= 15 is 0 Å². The molecule has 26 heavy (non-hydrogen) atoms. The Morgan fingerprint density at radius 1 is 1.08 bits per heavy atom. The number of ether oxygens (including phenoxy) is 2. The minimum absolute atomic E-state index is 0.616. The second-order valence-corrected chi connectivity index (χ2v) is 6.36. The fourth-order valence-electron chi connectivity index (χ4n) is 3.21. The summed E-state index contributed by atoms with van der Waals surface area (Å²) in [6.07, 6.45) is 1.80. The van der Waals surface area contributed by atoms with Gasteiger partial charge >= 0.3 is 0 Å². The molecule has 0 radical (unpaired) electrons. The van der Waals surface area contributed by atoms with Crippen molar-refractivity contribution in [2.45, 2.75) is 0 Å². The molecule has 2 aromatic carbocycles. The molecule has 0 aliphatic carbocycles. The summed E-state index contributed by atoms with van der Waals surface area (Å²) in [4.78, 5) is 2.35. The van der Waals surface area contributed by atoms with Crippen LogP contribution >= 0.6 is 0 Å². The summed E-state index contributed by atoms with van der Waals surface area (Å²) in [5.74, 6) is 0.626. The molecule has 4 rings (SSSR count). The molecule has 0 N–H and O–H groups in total. The van der Waals surface area contributed by atoms with Crippen LogP contribution in [0.25, 0.3) is 22.5 Å². The van der Waals surface area contributed by atoms with Gasteiger partial charge in [0.2, 0.25) is 5.88 Å². The van der Waals surface area contributed by atoms with Crippen molar-refractivity contribution in [3.05, 3.63) is 60.8 Å². The van der Waals surface area contributed by atoms with Crippen LogP contribution < -0.4 is 4.74 Å². The molecule has 0 amide bonds. The summed E-state index contributed by atoms with van der Waals surface area (Å²) >= 11 is 0. The van der Waals surface area contributed by atoms with E-state index in [2.05, 4.69) is 46.9 Å². The molecule has 1 aliphatic heterocycles. The molecule has 2 heterocycles. The van der Waals surface area contributed by atoms with Gasteiger partial charge in [-0.25, -0.2) is 4.68 Å². The summed E-state index contributed by atoms with van der Waals surface area (Å²) in [5.41, 5.74) is 1.92. The molecule has 0 unspecified atom stereocenters. The summed E-state index contributed by atoms with van der Waals surface area (Å²) in [6, 6.07) is 16.5. The summed E-state index contributed by atoms with van der Waals surface area (Å²) in [6.45, 7) is 8.94. The van der Waals surface area contributed by atoms with Gasteiger partial charge in [0.1, 0.15) is 6.61 Å². The SMILES string of the molecule is C=Cc1cc(OCCN2CCOCC2)nn1-c1ccc2ccccc2c1. The lowest BCUT2D eigenvalue weighted by Crippen LogP contribution is -2.38. The average Bonchev–Trinajstić information content (AvgIpc) is 3.12. The maximum atomic E-state index is 5.88. The maximum Gasteiger partial charge on any atom is 0.233 e. The second-order valence-electron chi connectivity index (χ2n) is 6.36. The Hall–Kier alpha value is -2.63.